The third kappa shape index (κ3) is 2.84. The first kappa shape index (κ1) is 17.0. The summed E-state index contributed by atoms with van der Waals surface area (Å²) in [4.78, 5) is 23.4. The predicted octanol–water partition coefficient (Wildman–Crippen LogP) is 5.23. The normalized spacial score (nSPS) is 11.0. The fourth-order valence-corrected chi connectivity index (χ4v) is 3.38. The number of hydrogen-bond donors (Lipinski definition) is 0. The van der Waals surface area contributed by atoms with E-state index in [1.807, 2.05) is 18.2 Å². The van der Waals surface area contributed by atoms with Gasteiger partial charge >= 0.3 is 0 Å². The number of pyridine rings is 1. The Hall–Kier alpha value is -2.47. The van der Waals surface area contributed by atoms with E-state index in [-0.39, 0.29) is 5.15 Å². The molecule has 0 atom stereocenters. The Bertz CT molecular complexity index is 1160. The van der Waals surface area contributed by atoms with Crippen LogP contribution in [0.3, 0.4) is 0 Å². The van der Waals surface area contributed by atoms with Crippen LogP contribution in [0.4, 0.5) is 0 Å². The lowest BCUT2D eigenvalue weighted by atomic mass is 10.0. The van der Waals surface area contributed by atoms with Crippen molar-refractivity contribution in [3.05, 3.63) is 69.9 Å². The second-order valence-corrected chi connectivity index (χ2v) is 6.57. The van der Waals surface area contributed by atoms with E-state index in [2.05, 4.69) is 15.0 Å². The van der Waals surface area contributed by atoms with Gasteiger partial charge in [-0.15, -0.1) is 0 Å². The van der Waals surface area contributed by atoms with Crippen LogP contribution in [0, 0.1) is 0 Å². The zero-order chi connectivity index (χ0) is 18.3. The summed E-state index contributed by atoms with van der Waals surface area (Å²) >= 11 is 18.9. The Morgan fingerprint density at radius 1 is 0.923 bits per heavy atom. The van der Waals surface area contributed by atoms with Gasteiger partial charge in [0.05, 0.1) is 21.9 Å². The first-order valence-corrected chi connectivity index (χ1v) is 8.61. The Kier molecular flexibility index (Phi) is 4.36. The maximum atomic E-state index is 10.9. The highest BCUT2D eigenvalue weighted by Crippen LogP contribution is 2.39. The molecule has 0 bridgehead atoms. The van der Waals surface area contributed by atoms with Crippen molar-refractivity contribution < 1.29 is 4.79 Å². The average molecular weight is 404 g/mol. The third-order valence-electron chi connectivity index (χ3n) is 3.89. The molecule has 0 N–H and O–H groups in total. The molecule has 4 rings (SSSR count). The highest BCUT2D eigenvalue weighted by molar-refractivity contribution is 6.43. The monoisotopic (exact) mass is 402 g/mol. The molecule has 26 heavy (non-hydrogen) atoms. The first-order valence-electron chi connectivity index (χ1n) is 7.47. The summed E-state index contributed by atoms with van der Waals surface area (Å²) in [5.74, 6) is 0. The summed E-state index contributed by atoms with van der Waals surface area (Å²) in [5, 5.41) is 1.03. The highest BCUT2D eigenvalue weighted by atomic mass is 35.5. The number of aldehydes is 1. The number of hydrogen-bond acceptors (Lipinski definition) is 4. The molecule has 5 nitrogen and oxygen atoms in total. The maximum Gasteiger partial charge on any atom is 0.170 e. The molecular formula is C18H9Cl3N4O. The van der Waals surface area contributed by atoms with E-state index in [0.717, 1.165) is 11.1 Å². The van der Waals surface area contributed by atoms with E-state index in [1.165, 1.54) is 0 Å². The van der Waals surface area contributed by atoms with Gasteiger partial charge in [0.1, 0.15) is 10.8 Å². The SMILES string of the molecule is O=Cc1cn2cc(-c3cccc(-c4ccnc(Cl)c4Cl)c3Cl)ncc2n1. The zero-order valence-corrected chi connectivity index (χ0v) is 15.3. The Balaban J connectivity index is 1.88. The molecule has 0 aliphatic heterocycles. The Labute approximate surface area is 163 Å². The van der Waals surface area contributed by atoms with Crippen molar-refractivity contribution >= 4 is 46.7 Å². The van der Waals surface area contributed by atoms with Gasteiger partial charge in [0.25, 0.3) is 0 Å². The van der Waals surface area contributed by atoms with Gasteiger partial charge in [0, 0.05) is 35.3 Å². The van der Waals surface area contributed by atoms with Gasteiger partial charge in [-0.2, -0.15) is 0 Å². The van der Waals surface area contributed by atoms with E-state index >= 15 is 0 Å². The maximum absolute atomic E-state index is 10.9. The molecule has 0 spiro atoms. The van der Waals surface area contributed by atoms with Crippen LogP contribution in [-0.4, -0.2) is 25.6 Å². The molecule has 0 aliphatic rings. The lowest BCUT2D eigenvalue weighted by molar-refractivity contribution is 0.111. The molecule has 3 aromatic heterocycles. The van der Waals surface area contributed by atoms with Gasteiger partial charge in [0.15, 0.2) is 11.9 Å². The Morgan fingerprint density at radius 2 is 1.69 bits per heavy atom. The number of rotatable bonds is 3. The summed E-state index contributed by atoms with van der Waals surface area (Å²) in [7, 11) is 0. The van der Waals surface area contributed by atoms with Gasteiger partial charge in [-0.05, 0) is 6.07 Å². The fourth-order valence-electron chi connectivity index (χ4n) is 2.68. The van der Waals surface area contributed by atoms with Crippen molar-refractivity contribution in [1.29, 1.82) is 0 Å². The van der Waals surface area contributed by atoms with Gasteiger partial charge < -0.3 is 4.40 Å². The molecule has 0 unspecified atom stereocenters. The molecule has 0 aliphatic carbocycles. The first-order chi connectivity index (χ1) is 12.6. The second-order valence-electron chi connectivity index (χ2n) is 5.45. The summed E-state index contributed by atoms with van der Waals surface area (Å²) in [6.07, 6.45) is 7.24. The number of imidazole rings is 1. The van der Waals surface area contributed by atoms with Gasteiger partial charge in [-0.25, -0.2) is 9.97 Å². The number of fused-ring (bicyclic) bond motifs is 1. The van der Waals surface area contributed by atoms with E-state index < -0.39 is 0 Å². The molecule has 0 amide bonds. The molecule has 0 fully saturated rings. The van der Waals surface area contributed by atoms with Crippen LogP contribution in [0.5, 0.6) is 0 Å². The van der Waals surface area contributed by atoms with Crippen molar-refractivity contribution in [3.8, 4) is 22.4 Å². The summed E-state index contributed by atoms with van der Waals surface area (Å²) in [6, 6.07) is 7.32. The minimum atomic E-state index is 0.213. The number of halogens is 3. The van der Waals surface area contributed by atoms with Crippen LogP contribution in [0.2, 0.25) is 15.2 Å². The fraction of sp³-hybridized carbons (Fsp3) is 0. The molecule has 8 heteroatoms. The van der Waals surface area contributed by atoms with Gasteiger partial charge in [0.2, 0.25) is 0 Å². The van der Waals surface area contributed by atoms with Crippen molar-refractivity contribution in [2.45, 2.75) is 0 Å². The average Bonchev–Trinajstić information content (AvgIpc) is 3.07. The topological polar surface area (TPSA) is 60.2 Å². The lowest BCUT2D eigenvalue weighted by Crippen LogP contribution is -1.92. The zero-order valence-electron chi connectivity index (χ0n) is 13.0. The van der Waals surface area contributed by atoms with Crippen molar-refractivity contribution in [2.75, 3.05) is 0 Å². The third-order valence-corrected chi connectivity index (χ3v) is 5.07. The molecule has 128 valence electrons. The molecule has 0 saturated carbocycles. The minimum absolute atomic E-state index is 0.213. The van der Waals surface area contributed by atoms with Crippen LogP contribution in [0.1, 0.15) is 10.5 Å². The van der Waals surface area contributed by atoms with Crippen LogP contribution >= 0.6 is 34.8 Å². The van der Waals surface area contributed by atoms with E-state index in [4.69, 9.17) is 34.8 Å². The van der Waals surface area contributed by atoms with Crippen molar-refractivity contribution in [3.63, 3.8) is 0 Å². The van der Waals surface area contributed by atoms with Crippen LogP contribution < -0.4 is 0 Å². The van der Waals surface area contributed by atoms with E-state index in [0.29, 0.717) is 38.9 Å². The number of benzene rings is 1. The molecule has 3 heterocycles. The number of carbonyl (C=O) groups is 1. The standard InChI is InChI=1S/C18H9Cl3N4O/c19-16-11(12-4-5-22-18(21)17(12)20)2-1-3-13(16)14-8-25-7-10(9-26)24-15(25)6-23-14/h1-9H. The molecule has 0 radical (unpaired) electrons. The summed E-state index contributed by atoms with van der Waals surface area (Å²) in [6.45, 7) is 0. The lowest BCUT2D eigenvalue weighted by Gasteiger charge is -2.11. The summed E-state index contributed by atoms with van der Waals surface area (Å²) < 4.78 is 1.73. The largest absolute Gasteiger partial charge is 0.303 e. The smallest absolute Gasteiger partial charge is 0.170 e. The van der Waals surface area contributed by atoms with Crippen LogP contribution in [0.25, 0.3) is 28.0 Å². The van der Waals surface area contributed by atoms with Crippen LogP contribution in [0.15, 0.2) is 49.1 Å². The number of nitrogens with zero attached hydrogens (tertiary/aromatic N) is 4. The van der Waals surface area contributed by atoms with E-state index in [1.54, 1.807) is 35.3 Å². The van der Waals surface area contributed by atoms with Gasteiger partial charge in [-0.3, -0.25) is 9.78 Å². The predicted molar refractivity (Wildman–Crippen MR) is 102 cm³/mol. The molecule has 0 saturated heterocycles. The van der Waals surface area contributed by atoms with Crippen molar-refractivity contribution in [1.82, 2.24) is 19.4 Å². The van der Waals surface area contributed by atoms with Gasteiger partial charge in [-0.1, -0.05) is 53.0 Å². The molecule has 4 aromatic rings. The molecule has 1 aromatic carbocycles. The number of carbonyl (C=O) groups excluding carboxylic acids is 1. The van der Waals surface area contributed by atoms with Crippen molar-refractivity contribution in [2.24, 2.45) is 0 Å². The second kappa shape index (κ2) is 6.68. The van der Waals surface area contributed by atoms with E-state index in [9.17, 15) is 4.79 Å². The number of aromatic nitrogens is 4. The quantitative estimate of drug-likeness (QED) is 0.347. The summed E-state index contributed by atoms with van der Waals surface area (Å²) in [5.41, 5.74) is 3.67. The Morgan fingerprint density at radius 3 is 2.50 bits per heavy atom. The minimum Gasteiger partial charge on any atom is -0.303 e. The highest BCUT2D eigenvalue weighted by Gasteiger charge is 2.15. The van der Waals surface area contributed by atoms with Crippen LogP contribution in [-0.2, 0) is 0 Å². The molecular weight excluding hydrogens is 395 g/mol.